The molecule has 0 spiro atoms. The molecule has 92 heavy (non-hydrogen) atoms. The monoisotopic (exact) mass is 1330 g/mol. The van der Waals surface area contributed by atoms with E-state index in [0.29, 0.717) is 69.2 Å². The van der Waals surface area contributed by atoms with E-state index in [-0.39, 0.29) is 110 Å². The first-order valence-corrected chi connectivity index (χ1v) is 33.1. The van der Waals surface area contributed by atoms with Crippen LogP contribution >= 0.6 is 0 Å². The summed E-state index contributed by atoms with van der Waals surface area (Å²) >= 11 is 0. The topological polar surface area (TPSA) is 380 Å². The molecule has 2 aromatic carbocycles. The number of carbonyl (C=O) groups excluding carboxylic acids is 7. The summed E-state index contributed by atoms with van der Waals surface area (Å²) in [4.78, 5) is 90.9. The quantitative estimate of drug-likeness (QED) is 0.00943. The minimum absolute atomic E-state index is 0.0206. The molecule has 32 heteroatoms. The second-order valence-corrected chi connectivity index (χ2v) is 25.5. The lowest BCUT2D eigenvalue weighted by Gasteiger charge is -2.35. The van der Waals surface area contributed by atoms with Crippen LogP contribution in [0.3, 0.4) is 0 Å². The number of benzene rings is 3. The van der Waals surface area contributed by atoms with Gasteiger partial charge in [0.25, 0.3) is 17.7 Å². The lowest BCUT2D eigenvalue weighted by molar-refractivity contribution is -0.162. The molecule has 5 rings (SSSR count). The van der Waals surface area contributed by atoms with Crippen LogP contribution in [0.4, 0.5) is 5.69 Å². The first kappa shape index (κ1) is 75.5. The number of piperazine rings is 1. The molecule has 0 bridgehead atoms. The van der Waals surface area contributed by atoms with Crippen LogP contribution in [-0.2, 0) is 72.7 Å². The van der Waals surface area contributed by atoms with Crippen LogP contribution in [0, 0.1) is 5.41 Å². The Labute approximate surface area is 536 Å². The zero-order valence-electron chi connectivity index (χ0n) is 53.8. The summed E-state index contributed by atoms with van der Waals surface area (Å²) in [5, 5.41) is 38.2. The number of likely N-dealkylation sites (N-methyl/N-ethyl adjacent to an activating group) is 3. The van der Waals surface area contributed by atoms with Gasteiger partial charge < -0.3 is 53.7 Å². The number of sulfonamides is 1. The summed E-state index contributed by atoms with van der Waals surface area (Å²) in [6, 6.07) is 11.2. The average Bonchev–Trinajstić information content (AvgIpc) is 0.740. The molecule has 30 nitrogen and oxygen atoms in total. The Balaban J connectivity index is 1.34. The van der Waals surface area contributed by atoms with Crippen LogP contribution in [-0.4, -0.2) is 247 Å². The zero-order chi connectivity index (χ0) is 68.3. The largest absolute Gasteiger partial charge is 0.744 e. The summed E-state index contributed by atoms with van der Waals surface area (Å²) in [5.41, 5.74) is 0.782. The third-order valence-electron chi connectivity index (χ3n) is 15.4. The Morgan fingerprint density at radius 3 is 1.49 bits per heavy atom. The highest BCUT2D eigenvalue weighted by atomic mass is 32.2. The second-order valence-electron chi connectivity index (χ2n) is 22.2. The van der Waals surface area contributed by atoms with E-state index in [9.17, 15) is 70.6 Å². The summed E-state index contributed by atoms with van der Waals surface area (Å²) in [5.74, 6) is -4.17. The molecule has 2 aromatic rings. The van der Waals surface area contributed by atoms with Crippen LogP contribution in [0.5, 0.6) is 0 Å². The van der Waals surface area contributed by atoms with Gasteiger partial charge in [0, 0.05) is 120 Å². The molecule has 0 aromatic heterocycles. The van der Waals surface area contributed by atoms with E-state index < -0.39 is 94.8 Å². The molecule has 0 unspecified atom stereocenters. The lowest BCUT2D eigenvalue weighted by Crippen LogP contribution is -2.50. The van der Waals surface area contributed by atoms with Gasteiger partial charge in [0.15, 0.2) is 0 Å². The molecule has 7 amide bonds. The van der Waals surface area contributed by atoms with Crippen LogP contribution in [0.1, 0.15) is 74.1 Å². The molecule has 0 radical (unpaired) electrons. The van der Waals surface area contributed by atoms with Crippen molar-refractivity contribution in [3.05, 3.63) is 60.0 Å². The number of nitrogens with zero attached hydrogens (tertiary/aromatic N) is 7. The average molecular weight is 1330 g/mol. The number of hydroxylamine groups is 6. The molecule has 1 aliphatic carbocycles. The van der Waals surface area contributed by atoms with E-state index >= 15 is 0 Å². The normalized spacial score (nSPS) is 14.1. The minimum atomic E-state index is -5.35. The van der Waals surface area contributed by atoms with Crippen LogP contribution < -0.4 is 30.8 Å². The number of carbonyl (C=O) groups is 7. The Bertz CT molecular complexity index is 3370. The highest BCUT2D eigenvalue weighted by molar-refractivity contribution is 7.89. The van der Waals surface area contributed by atoms with Crippen molar-refractivity contribution >= 4 is 78.1 Å². The molecule has 1 fully saturated rings. The predicted molar refractivity (Wildman–Crippen MR) is 332 cm³/mol. The van der Waals surface area contributed by atoms with Crippen LogP contribution in [0.25, 0.3) is 33.4 Å². The zero-order valence-corrected chi connectivity index (χ0v) is 55.4. The number of hydrogen-bond acceptors (Lipinski definition) is 21. The molecule has 0 saturated carbocycles. The van der Waals surface area contributed by atoms with Crippen molar-refractivity contribution in [3.8, 4) is 22.5 Å². The fraction of sp³-hybridized carbons (Fsp3) is 0.567. The van der Waals surface area contributed by atoms with Gasteiger partial charge in [-0.25, -0.2) is 36.6 Å². The number of nitrogens with one attached hydrogen (secondary N) is 3. The van der Waals surface area contributed by atoms with Crippen LogP contribution in [0.2, 0.25) is 0 Å². The smallest absolute Gasteiger partial charge is 0.267 e. The van der Waals surface area contributed by atoms with Crippen LogP contribution in [0.15, 0.2) is 68.8 Å². The molecule has 1 saturated heterocycles. The number of hydrogen-bond donors (Lipinski definition) is 6. The Morgan fingerprint density at radius 2 is 1.07 bits per heavy atom. The fourth-order valence-electron chi connectivity index (χ4n) is 10.3. The maximum Gasteiger partial charge on any atom is 0.267 e. The minimum Gasteiger partial charge on any atom is -0.744 e. The molecular formula is C60H88N10O20S2. The highest BCUT2D eigenvalue weighted by Gasteiger charge is 2.36. The third kappa shape index (κ3) is 20.6. The number of ether oxygens (including phenoxy) is 4. The Morgan fingerprint density at radius 1 is 0.620 bits per heavy atom. The van der Waals surface area contributed by atoms with Crippen molar-refractivity contribution in [2.75, 3.05) is 131 Å². The van der Waals surface area contributed by atoms with Gasteiger partial charge in [0.2, 0.25) is 39.0 Å². The van der Waals surface area contributed by atoms with Gasteiger partial charge in [-0.1, -0.05) is 6.07 Å². The summed E-state index contributed by atoms with van der Waals surface area (Å²) in [6.45, 7) is 12.4. The molecule has 2 heterocycles. The predicted octanol–water partition coefficient (Wildman–Crippen LogP) is 1.27. The summed E-state index contributed by atoms with van der Waals surface area (Å²) < 4.78 is 103. The van der Waals surface area contributed by atoms with Gasteiger partial charge in [-0.3, -0.25) is 49.2 Å². The fourth-order valence-corrected chi connectivity index (χ4v) is 12.6. The molecule has 510 valence electrons. The molecule has 2 aliphatic heterocycles. The first-order valence-electron chi connectivity index (χ1n) is 30.2. The second kappa shape index (κ2) is 34.6. The highest BCUT2D eigenvalue weighted by Crippen LogP contribution is 2.44. The van der Waals surface area contributed by atoms with Crippen molar-refractivity contribution in [1.82, 2.24) is 44.9 Å². The number of amides is 7. The van der Waals surface area contributed by atoms with Gasteiger partial charge in [0.1, 0.15) is 52.7 Å². The Kier molecular flexibility index (Phi) is 28.4. The molecule has 6 N–H and O–H groups in total. The lowest BCUT2D eigenvalue weighted by atomic mass is 9.92. The standard InChI is InChI=1S/C60H88N10O20S2/c1-11-67(12-2)43-15-18-46-49(33-43)90-50-34-44(68(13-3)14-4)16-19-47(50)56(46)48-20-17-45(35-51(48)92(83,84)85)91(81,82)70-27-25-69(26-28-70)55(74)24-32-89-39-60(36-86-29-21-52(71)61-40(5)57(75)64(8)78,37-87-30-22-53(72)62-41(6)58(76)65(9)79)38-88-31-23-54(73)63-42(7)59(77)66(10)80/h15-20,33-35,40-42,78-80H,11-14,21-32,36-39H2,1-10H3,(H3-,61,62,63,71,72,73,83,84,85)/t40-,41-,42-/m0/s1. The molecular weight excluding hydrogens is 1240 g/mol. The number of anilines is 1. The van der Waals surface area contributed by atoms with Crippen molar-refractivity contribution in [3.63, 3.8) is 0 Å². The van der Waals surface area contributed by atoms with E-state index in [2.05, 4.69) is 25.4 Å². The van der Waals surface area contributed by atoms with E-state index in [1.54, 1.807) is 12.1 Å². The van der Waals surface area contributed by atoms with Crippen molar-refractivity contribution in [2.24, 2.45) is 5.41 Å². The van der Waals surface area contributed by atoms with E-state index in [1.807, 2.05) is 52.0 Å². The number of rotatable bonds is 35. The maximum atomic E-state index is 14.4. The number of fused-ring (bicyclic) bond motifs is 2. The van der Waals surface area contributed by atoms with Crippen molar-refractivity contribution < 1.29 is 93.9 Å². The molecule has 3 aliphatic rings. The van der Waals surface area contributed by atoms with Gasteiger partial charge in [-0.2, -0.15) is 4.31 Å². The van der Waals surface area contributed by atoms with Crippen molar-refractivity contribution in [2.45, 2.75) is 102 Å². The summed E-state index contributed by atoms with van der Waals surface area (Å²) in [6.07, 6.45) is -1.01. The maximum absolute atomic E-state index is 14.4. The van der Waals surface area contributed by atoms with Crippen molar-refractivity contribution in [1.29, 1.82) is 0 Å². The Hall–Kier alpha value is -7.24. The van der Waals surface area contributed by atoms with E-state index in [1.165, 1.54) is 37.8 Å². The van der Waals surface area contributed by atoms with E-state index in [0.717, 1.165) is 42.6 Å². The summed E-state index contributed by atoms with van der Waals surface area (Å²) in [7, 11) is -6.52. The SMILES string of the molecule is CCN(CC)c1ccc2c(-c3ccc(S(=O)(=O)N4CCN(C(=O)CCOCC(COCCC(=O)N[C@@H](C)C(=O)N(C)O)(COCCC(=O)N[C@@H](C)C(=O)N(C)O)COCCC(=O)N[C@@H](C)C(=O)N(C)O)CC4)cc3S(=O)(=O)[O-])c3ccc(=[N+](CC)CC)cc-3oc2c1. The van der Waals surface area contributed by atoms with Gasteiger partial charge >= 0.3 is 0 Å². The first-order chi connectivity index (χ1) is 43.4. The van der Waals surface area contributed by atoms with E-state index in [4.69, 9.17) is 23.4 Å². The van der Waals surface area contributed by atoms with Gasteiger partial charge in [0.05, 0.1) is 80.5 Å². The van der Waals surface area contributed by atoms with Gasteiger partial charge in [-0.15, -0.1) is 0 Å². The van der Waals surface area contributed by atoms with Gasteiger partial charge in [-0.05, 0) is 78.8 Å². The third-order valence-corrected chi connectivity index (χ3v) is 18.2. The molecule has 3 atom stereocenters.